The molecule has 1 aliphatic rings. The number of anilines is 1. The highest BCUT2D eigenvalue weighted by atomic mass is 16.5. The molecule has 6 heteroatoms. The maximum absolute atomic E-state index is 13.2. The predicted octanol–water partition coefficient (Wildman–Crippen LogP) is 4.21. The molecule has 172 valence electrons. The number of hydrogen-bond acceptors (Lipinski definition) is 5. The molecular formula is C27H32N4O2. The van der Waals surface area contributed by atoms with E-state index in [1.165, 1.54) is 5.56 Å². The number of nitrogens with one attached hydrogen (secondary N) is 1. The van der Waals surface area contributed by atoms with Crippen LogP contribution in [-0.4, -0.2) is 49.5 Å². The monoisotopic (exact) mass is 444 g/mol. The molecule has 1 aromatic heterocycles. The number of carbonyl (C=O) groups is 1. The Morgan fingerprint density at radius 1 is 1.12 bits per heavy atom. The lowest BCUT2D eigenvalue weighted by atomic mass is 10.1. The zero-order valence-corrected chi connectivity index (χ0v) is 19.6. The van der Waals surface area contributed by atoms with Crippen LogP contribution in [-0.2, 0) is 6.54 Å². The van der Waals surface area contributed by atoms with Gasteiger partial charge in [-0.15, -0.1) is 0 Å². The zero-order chi connectivity index (χ0) is 23.2. The average Bonchev–Trinajstić information content (AvgIpc) is 2.96. The number of benzene rings is 2. The van der Waals surface area contributed by atoms with Crippen molar-refractivity contribution in [3.63, 3.8) is 0 Å². The molecule has 3 aromatic rings. The van der Waals surface area contributed by atoms with Crippen molar-refractivity contribution in [2.45, 2.75) is 26.0 Å². The summed E-state index contributed by atoms with van der Waals surface area (Å²) in [7, 11) is 3.97. The summed E-state index contributed by atoms with van der Waals surface area (Å²) in [5, 5.41) is 3.21. The number of carbonyl (C=O) groups excluding carboxylic acids is 1. The molecule has 6 nitrogen and oxygen atoms in total. The molecule has 0 fully saturated rings. The Kier molecular flexibility index (Phi) is 7.25. The predicted molar refractivity (Wildman–Crippen MR) is 132 cm³/mol. The van der Waals surface area contributed by atoms with Gasteiger partial charge in [0, 0.05) is 45.5 Å². The van der Waals surface area contributed by atoms with Crippen molar-refractivity contribution in [2.75, 3.05) is 38.6 Å². The van der Waals surface area contributed by atoms with E-state index >= 15 is 0 Å². The second-order valence-electron chi connectivity index (χ2n) is 8.54. The van der Waals surface area contributed by atoms with Crippen LogP contribution in [0.5, 0.6) is 5.75 Å². The second-order valence-corrected chi connectivity index (χ2v) is 8.54. The summed E-state index contributed by atoms with van der Waals surface area (Å²) < 4.78 is 6.39. The van der Waals surface area contributed by atoms with Crippen molar-refractivity contribution in [3.8, 4) is 5.75 Å². The van der Waals surface area contributed by atoms with Gasteiger partial charge in [-0.1, -0.05) is 36.4 Å². The van der Waals surface area contributed by atoms with Gasteiger partial charge in [0.1, 0.15) is 11.9 Å². The van der Waals surface area contributed by atoms with Gasteiger partial charge in [0.2, 0.25) is 0 Å². The Morgan fingerprint density at radius 3 is 2.70 bits per heavy atom. The van der Waals surface area contributed by atoms with Crippen LogP contribution < -0.4 is 15.0 Å². The van der Waals surface area contributed by atoms with Gasteiger partial charge in [0.25, 0.3) is 5.91 Å². The molecule has 1 atom stereocenters. The van der Waals surface area contributed by atoms with Crippen molar-refractivity contribution in [3.05, 3.63) is 89.2 Å². The SMILES string of the molecule is CNCC[C@H](Oc1ccc(CN2CCN(C)c3ccncc3C2=O)c(C)c1)c1ccccc1. The third-order valence-electron chi connectivity index (χ3n) is 6.21. The Bertz CT molecular complexity index is 1090. The molecule has 2 aromatic carbocycles. The number of nitrogens with zero attached hydrogens (tertiary/aromatic N) is 3. The fourth-order valence-corrected chi connectivity index (χ4v) is 4.22. The van der Waals surface area contributed by atoms with E-state index in [9.17, 15) is 4.79 Å². The Hall–Kier alpha value is -3.38. The summed E-state index contributed by atoms with van der Waals surface area (Å²) in [4.78, 5) is 21.4. The number of amides is 1. The Balaban J connectivity index is 1.50. The van der Waals surface area contributed by atoms with Crippen LogP contribution in [0.1, 0.15) is 39.6 Å². The molecule has 0 saturated carbocycles. The van der Waals surface area contributed by atoms with Crippen LogP contribution in [0.4, 0.5) is 5.69 Å². The smallest absolute Gasteiger partial charge is 0.257 e. The molecular weight excluding hydrogens is 412 g/mol. The number of pyridine rings is 1. The van der Waals surface area contributed by atoms with Crippen LogP contribution in [0.15, 0.2) is 67.0 Å². The first-order chi connectivity index (χ1) is 16.1. The van der Waals surface area contributed by atoms with E-state index in [2.05, 4.69) is 46.4 Å². The minimum atomic E-state index is -0.0179. The first-order valence-electron chi connectivity index (χ1n) is 11.5. The number of rotatable bonds is 8. The lowest BCUT2D eigenvalue weighted by Crippen LogP contribution is -2.33. The fraction of sp³-hybridized carbons (Fsp3) is 0.333. The van der Waals surface area contributed by atoms with E-state index in [0.29, 0.717) is 18.7 Å². The van der Waals surface area contributed by atoms with E-state index in [4.69, 9.17) is 4.74 Å². The largest absolute Gasteiger partial charge is 0.486 e. The van der Waals surface area contributed by atoms with E-state index in [-0.39, 0.29) is 12.0 Å². The number of hydrogen-bond donors (Lipinski definition) is 1. The molecule has 0 bridgehead atoms. The van der Waals surface area contributed by atoms with Crippen LogP contribution in [0.3, 0.4) is 0 Å². The standard InChI is InChI=1S/C27H32N4O2/c1-20-17-23(33-26(12-13-28-2)21-7-5-4-6-8-21)10-9-22(20)19-31-16-15-30(3)25-11-14-29-18-24(25)27(31)32/h4-11,14,17-18,26,28H,12-13,15-16,19H2,1-3H3/t26-/m0/s1. The molecule has 4 rings (SSSR count). The van der Waals surface area contributed by atoms with Crippen LogP contribution in [0.2, 0.25) is 0 Å². The van der Waals surface area contributed by atoms with Gasteiger partial charge in [-0.25, -0.2) is 0 Å². The van der Waals surface area contributed by atoms with Crippen LogP contribution in [0, 0.1) is 6.92 Å². The van der Waals surface area contributed by atoms with Crippen LogP contribution >= 0.6 is 0 Å². The molecule has 33 heavy (non-hydrogen) atoms. The van der Waals surface area contributed by atoms with Gasteiger partial charge in [-0.3, -0.25) is 9.78 Å². The molecule has 0 radical (unpaired) electrons. The maximum atomic E-state index is 13.2. The summed E-state index contributed by atoms with van der Waals surface area (Å²) in [5.41, 5.74) is 5.00. The van der Waals surface area contributed by atoms with E-state index in [1.54, 1.807) is 12.4 Å². The molecule has 1 aliphatic heterocycles. The first kappa shape index (κ1) is 22.8. The molecule has 0 spiro atoms. The topological polar surface area (TPSA) is 57.7 Å². The highest BCUT2D eigenvalue weighted by Gasteiger charge is 2.25. The maximum Gasteiger partial charge on any atom is 0.257 e. The summed E-state index contributed by atoms with van der Waals surface area (Å²) in [6.07, 6.45) is 4.27. The van der Waals surface area contributed by atoms with Gasteiger partial charge in [0.05, 0.1) is 11.3 Å². The summed E-state index contributed by atoms with van der Waals surface area (Å²) in [5.74, 6) is 0.871. The van der Waals surface area contributed by atoms with Gasteiger partial charge in [0.15, 0.2) is 0 Å². The van der Waals surface area contributed by atoms with E-state index in [0.717, 1.165) is 42.1 Å². The van der Waals surface area contributed by atoms with Crippen molar-refractivity contribution in [1.82, 2.24) is 15.2 Å². The van der Waals surface area contributed by atoms with Crippen LogP contribution in [0.25, 0.3) is 0 Å². The zero-order valence-electron chi connectivity index (χ0n) is 19.6. The van der Waals surface area contributed by atoms with Crippen molar-refractivity contribution in [1.29, 1.82) is 0 Å². The van der Waals surface area contributed by atoms with Crippen molar-refractivity contribution < 1.29 is 9.53 Å². The van der Waals surface area contributed by atoms with Gasteiger partial charge in [-0.05, 0) is 55.4 Å². The molecule has 1 amide bonds. The normalized spacial score (nSPS) is 14.6. The molecule has 0 unspecified atom stereocenters. The number of aryl methyl sites for hydroxylation is 1. The van der Waals surface area contributed by atoms with Gasteiger partial charge in [-0.2, -0.15) is 0 Å². The number of likely N-dealkylation sites (N-methyl/N-ethyl adjacent to an activating group) is 1. The lowest BCUT2D eigenvalue weighted by Gasteiger charge is -2.23. The molecule has 1 N–H and O–H groups in total. The second kappa shape index (κ2) is 10.5. The van der Waals surface area contributed by atoms with Crippen molar-refractivity contribution in [2.24, 2.45) is 0 Å². The number of ether oxygens (including phenoxy) is 1. The van der Waals surface area contributed by atoms with E-state index in [1.807, 2.05) is 49.3 Å². The minimum Gasteiger partial charge on any atom is -0.486 e. The molecule has 2 heterocycles. The third kappa shape index (κ3) is 5.34. The lowest BCUT2D eigenvalue weighted by molar-refractivity contribution is 0.0754. The molecule has 0 saturated heterocycles. The summed E-state index contributed by atoms with van der Waals surface area (Å²) in [6, 6.07) is 18.4. The average molecular weight is 445 g/mol. The van der Waals surface area contributed by atoms with Crippen molar-refractivity contribution >= 4 is 11.6 Å². The third-order valence-corrected chi connectivity index (χ3v) is 6.21. The summed E-state index contributed by atoms with van der Waals surface area (Å²) >= 11 is 0. The molecule has 0 aliphatic carbocycles. The van der Waals surface area contributed by atoms with Gasteiger partial charge < -0.3 is 19.9 Å². The first-order valence-corrected chi connectivity index (χ1v) is 11.5. The van der Waals surface area contributed by atoms with E-state index < -0.39 is 0 Å². The quantitative estimate of drug-likeness (QED) is 0.564. The number of aromatic nitrogens is 1. The fourth-order valence-electron chi connectivity index (χ4n) is 4.22. The minimum absolute atomic E-state index is 0.0179. The highest BCUT2D eigenvalue weighted by molar-refractivity contribution is 6.00. The Labute approximate surface area is 196 Å². The Morgan fingerprint density at radius 2 is 1.94 bits per heavy atom. The number of fused-ring (bicyclic) bond motifs is 1. The highest BCUT2D eigenvalue weighted by Crippen LogP contribution is 2.28. The summed E-state index contributed by atoms with van der Waals surface area (Å²) in [6.45, 7) is 4.97. The van der Waals surface area contributed by atoms with Gasteiger partial charge >= 0.3 is 0 Å².